The first-order chi connectivity index (χ1) is 8.49. The molecule has 6 nitrogen and oxygen atoms in total. The number of urea groups is 1. The average molecular weight is 256 g/mol. The number of primary amides is 1. The van der Waals surface area contributed by atoms with Gasteiger partial charge in [-0.05, 0) is 58.8 Å². The molecule has 1 aliphatic rings. The Kier molecular flexibility index (Phi) is 6.07. The predicted molar refractivity (Wildman–Crippen MR) is 70.0 cm³/mol. The zero-order valence-electron chi connectivity index (χ0n) is 11.2. The van der Waals surface area contributed by atoms with E-state index in [4.69, 9.17) is 5.73 Å². The third kappa shape index (κ3) is 5.46. The van der Waals surface area contributed by atoms with Crippen molar-refractivity contribution in [1.82, 2.24) is 15.5 Å². The lowest BCUT2D eigenvalue weighted by Crippen LogP contribution is -2.46. The second-order valence-electron chi connectivity index (χ2n) is 5.06. The van der Waals surface area contributed by atoms with E-state index in [1.165, 1.54) is 12.8 Å². The highest BCUT2D eigenvalue weighted by atomic mass is 16.2. The van der Waals surface area contributed by atoms with Gasteiger partial charge in [0.25, 0.3) is 0 Å². The molecule has 1 aliphatic heterocycles. The van der Waals surface area contributed by atoms with Crippen molar-refractivity contribution in [3.05, 3.63) is 0 Å². The summed E-state index contributed by atoms with van der Waals surface area (Å²) in [5.74, 6) is 0.367. The van der Waals surface area contributed by atoms with Crippen molar-refractivity contribution in [2.45, 2.75) is 32.2 Å². The van der Waals surface area contributed by atoms with Gasteiger partial charge >= 0.3 is 6.03 Å². The van der Waals surface area contributed by atoms with Gasteiger partial charge in [0.05, 0.1) is 6.04 Å². The molecule has 1 atom stereocenters. The summed E-state index contributed by atoms with van der Waals surface area (Å²) in [6.45, 7) is 4.83. The molecule has 18 heavy (non-hydrogen) atoms. The monoisotopic (exact) mass is 256 g/mol. The van der Waals surface area contributed by atoms with Crippen LogP contribution in [0.1, 0.15) is 26.2 Å². The van der Waals surface area contributed by atoms with Crippen LogP contribution in [0.15, 0.2) is 0 Å². The Morgan fingerprint density at radius 3 is 2.56 bits per heavy atom. The molecule has 1 heterocycles. The Labute approximate surface area is 108 Å². The van der Waals surface area contributed by atoms with Crippen LogP contribution in [0.25, 0.3) is 0 Å². The van der Waals surface area contributed by atoms with Crippen molar-refractivity contribution in [1.29, 1.82) is 0 Å². The van der Waals surface area contributed by atoms with Gasteiger partial charge in [0.1, 0.15) is 0 Å². The summed E-state index contributed by atoms with van der Waals surface area (Å²) in [6, 6.07) is -1.19. The maximum absolute atomic E-state index is 11.4. The Bertz CT molecular complexity index is 288. The highest BCUT2D eigenvalue weighted by Gasteiger charge is 2.18. The maximum atomic E-state index is 11.4. The zero-order valence-corrected chi connectivity index (χ0v) is 11.2. The van der Waals surface area contributed by atoms with Crippen molar-refractivity contribution < 1.29 is 9.59 Å². The number of carbonyl (C=O) groups is 2. The minimum Gasteiger partial charge on any atom is -0.351 e. The van der Waals surface area contributed by atoms with E-state index in [-0.39, 0.29) is 11.9 Å². The number of likely N-dealkylation sites (tertiary alicyclic amines) is 1. The maximum Gasteiger partial charge on any atom is 0.318 e. The molecule has 6 heteroatoms. The normalized spacial score (nSPS) is 19.4. The highest BCUT2D eigenvalue weighted by Crippen LogP contribution is 2.18. The van der Waals surface area contributed by atoms with Crippen LogP contribution >= 0.6 is 0 Å². The van der Waals surface area contributed by atoms with Crippen molar-refractivity contribution in [3.8, 4) is 0 Å². The predicted octanol–water partition coefficient (Wildman–Crippen LogP) is -0.109. The molecule has 104 valence electrons. The van der Waals surface area contributed by atoms with Gasteiger partial charge in [-0.1, -0.05) is 0 Å². The Morgan fingerprint density at radius 2 is 2.00 bits per heavy atom. The van der Waals surface area contributed by atoms with Crippen LogP contribution in [0.3, 0.4) is 0 Å². The SMILES string of the molecule is CC(NCCC1CCN(C)CC1)C(=O)NC(N)=O. The second-order valence-corrected chi connectivity index (χ2v) is 5.06. The minimum absolute atomic E-state index is 0.370. The van der Waals surface area contributed by atoms with Crippen LogP contribution < -0.4 is 16.4 Å². The Balaban J connectivity index is 2.13. The molecule has 0 aromatic carbocycles. The van der Waals surface area contributed by atoms with E-state index in [0.29, 0.717) is 0 Å². The van der Waals surface area contributed by atoms with E-state index in [2.05, 4.69) is 22.6 Å². The third-order valence-corrected chi connectivity index (χ3v) is 3.48. The fourth-order valence-corrected chi connectivity index (χ4v) is 2.18. The van der Waals surface area contributed by atoms with Gasteiger partial charge < -0.3 is 16.0 Å². The number of amides is 3. The van der Waals surface area contributed by atoms with Gasteiger partial charge in [0.15, 0.2) is 0 Å². The number of nitrogens with one attached hydrogen (secondary N) is 2. The molecule has 3 amide bonds. The molecule has 0 saturated carbocycles. The van der Waals surface area contributed by atoms with Crippen LogP contribution in [0.2, 0.25) is 0 Å². The summed E-state index contributed by atoms with van der Waals surface area (Å²) in [4.78, 5) is 24.3. The van der Waals surface area contributed by atoms with E-state index < -0.39 is 6.03 Å². The molecule has 0 aromatic heterocycles. The van der Waals surface area contributed by atoms with Crippen LogP contribution in [0.5, 0.6) is 0 Å². The quantitative estimate of drug-likeness (QED) is 0.640. The summed E-state index contributed by atoms with van der Waals surface area (Å²) < 4.78 is 0. The molecule has 1 rings (SSSR count). The summed E-state index contributed by atoms with van der Waals surface area (Å²) in [6.07, 6.45) is 3.52. The molecular formula is C12H24N4O2. The summed E-state index contributed by atoms with van der Waals surface area (Å²) in [7, 11) is 2.14. The van der Waals surface area contributed by atoms with Crippen LogP contribution in [-0.4, -0.2) is 49.6 Å². The lowest BCUT2D eigenvalue weighted by Gasteiger charge is -2.29. The lowest BCUT2D eigenvalue weighted by molar-refractivity contribution is -0.121. The molecule has 4 N–H and O–H groups in total. The number of rotatable bonds is 5. The first-order valence-electron chi connectivity index (χ1n) is 6.51. The van der Waals surface area contributed by atoms with Gasteiger partial charge in [0.2, 0.25) is 5.91 Å². The Hall–Kier alpha value is -1.14. The van der Waals surface area contributed by atoms with Crippen molar-refractivity contribution in [3.63, 3.8) is 0 Å². The molecule has 1 fully saturated rings. The number of nitrogens with two attached hydrogens (primary N) is 1. The van der Waals surface area contributed by atoms with Crippen LogP contribution in [0.4, 0.5) is 4.79 Å². The largest absolute Gasteiger partial charge is 0.351 e. The fraction of sp³-hybridized carbons (Fsp3) is 0.833. The van der Waals surface area contributed by atoms with E-state index >= 15 is 0 Å². The van der Waals surface area contributed by atoms with Gasteiger partial charge in [-0.3, -0.25) is 10.1 Å². The van der Waals surface area contributed by atoms with Gasteiger partial charge in [-0.25, -0.2) is 4.79 Å². The van der Waals surface area contributed by atoms with E-state index in [1.54, 1.807) is 6.92 Å². The number of hydrogen-bond acceptors (Lipinski definition) is 4. The van der Waals surface area contributed by atoms with Gasteiger partial charge in [-0.2, -0.15) is 0 Å². The summed E-state index contributed by atoms with van der Waals surface area (Å²) in [5.41, 5.74) is 4.89. The number of piperidine rings is 1. The Morgan fingerprint density at radius 1 is 1.39 bits per heavy atom. The first-order valence-corrected chi connectivity index (χ1v) is 6.51. The zero-order chi connectivity index (χ0) is 13.5. The topological polar surface area (TPSA) is 87.5 Å². The molecule has 0 aromatic rings. The molecule has 0 aliphatic carbocycles. The van der Waals surface area contributed by atoms with Gasteiger partial charge in [0, 0.05) is 0 Å². The average Bonchev–Trinajstić information content (AvgIpc) is 2.30. The highest BCUT2D eigenvalue weighted by molar-refractivity contribution is 5.96. The molecule has 1 saturated heterocycles. The van der Waals surface area contributed by atoms with Crippen LogP contribution in [0, 0.1) is 5.92 Å². The smallest absolute Gasteiger partial charge is 0.318 e. The van der Waals surface area contributed by atoms with Crippen molar-refractivity contribution >= 4 is 11.9 Å². The summed E-state index contributed by atoms with van der Waals surface area (Å²) in [5, 5.41) is 5.18. The van der Waals surface area contributed by atoms with E-state index in [0.717, 1.165) is 32.0 Å². The molecule has 1 unspecified atom stereocenters. The van der Waals surface area contributed by atoms with Crippen LogP contribution in [-0.2, 0) is 4.79 Å². The van der Waals surface area contributed by atoms with Gasteiger partial charge in [-0.15, -0.1) is 0 Å². The van der Waals surface area contributed by atoms with E-state index in [9.17, 15) is 9.59 Å². The number of nitrogens with zero attached hydrogens (tertiary/aromatic N) is 1. The fourth-order valence-electron chi connectivity index (χ4n) is 2.18. The molecular weight excluding hydrogens is 232 g/mol. The number of carbonyl (C=O) groups excluding carboxylic acids is 2. The number of imide groups is 1. The third-order valence-electron chi connectivity index (χ3n) is 3.48. The second kappa shape index (κ2) is 7.33. The molecule has 0 spiro atoms. The number of hydrogen-bond donors (Lipinski definition) is 3. The first kappa shape index (κ1) is 14.9. The lowest BCUT2D eigenvalue weighted by atomic mass is 9.94. The molecule has 0 radical (unpaired) electrons. The van der Waals surface area contributed by atoms with Crippen molar-refractivity contribution in [2.24, 2.45) is 11.7 Å². The van der Waals surface area contributed by atoms with Crippen molar-refractivity contribution in [2.75, 3.05) is 26.7 Å². The summed E-state index contributed by atoms with van der Waals surface area (Å²) >= 11 is 0. The minimum atomic E-state index is -0.802. The molecule has 0 bridgehead atoms. The van der Waals surface area contributed by atoms with E-state index in [1.807, 2.05) is 0 Å². The standard InChI is InChI=1S/C12H24N4O2/c1-9(11(17)15-12(13)18)14-6-3-10-4-7-16(2)8-5-10/h9-10,14H,3-8H2,1-2H3,(H3,13,15,17,18).